The van der Waals surface area contributed by atoms with Crippen LogP contribution in [0.15, 0.2) is 22.7 Å². The highest BCUT2D eigenvalue weighted by atomic mass is 79.9. The number of halogens is 1. The Kier molecular flexibility index (Phi) is 5.08. The van der Waals surface area contributed by atoms with Gasteiger partial charge in [0.15, 0.2) is 0 Å². The van der Waals surface area contributed by atoms with Crippen LogP contribution in [-0.4, -0.2) is 25.4 Å². The molecule has 1 aromatic carbocycles. The van der Waals surface area contributed by atoms with Crippen molar-refractivity contribution in [3.05, 3.63) is 28.2 Å². The zero-order valence-corrected chi connectivity index (χ0v) is 10.5. The Bertz CT molecular complexity index is 313. The largest absolute Gasteiger partial charge is 0.490 e. The van der Waals surface area contributed by atoms with Gasteiger partial charge < -0.3 is 14.6 Å². The van der Waals surface area contributed by atoms with Gasteiger partial charge in [0.1, 0.15) is 12.4 Å². The molecule has 0 aliphatic carbocycles. The smallest absolute Gasteiger partial charge is 0.133 e. The first-order chi connectivity index (χ1) is 7.15. The van der Waals surface area contributed by atoms with Crippen LogP contribution in [0.1, 0.15) is 18.6 Å². The monoisotopic (exact) mass is 274 g/mol. The second-order valence-electron chi connectivity index (χ2n) is 3.21. The quantitative estimate of drug-likeness (QED) is 0.839. The van der Waals surface area contributed by atoms with E-state index < -0.39 is 6.10 Å². The summed E-state index contributed by atoms with van der Waals surface area (Å²) >= 11 is 3.39. The van der Waals surface area contributed by atoms with Gasteiger partial charge in [-0.1, -0.05) is 6.07 Å². The minimum Gasteiger partial charge on any atom is -0.490 e. The topological polar surface area (TPSA) is 38.7 Å². The van der Waals surface area contributed by atoms with Gasteiger partial charge in [0.05, 0.1) is 17.2 Å². The van der Waals surface area contributed by atoms with E-state index in [1.807, 2.05) is 18.2 Å². The summed E-state index contributed by atoms with van der Waals surface area (Å²) in [5, 5.41) is 9.37. The second-order valence-corrected chi connectivity index (χ2v) is 4.06. The molecule has 0 spiro atoms. The van der Waals surface area contributed by atoms with Gasteiger partial charge in [-0.3, -0.25) is 0 Å². The molecular formula is C11H15BrO3. The molecule has 0 aliphatic rings. The SMILES string of the molecule is COCCOc1ccc([C@@H](C)O)cc1Br. The number of aliphatic hydroxyl groups excluding tert-OH is 1. The molecule has 0 heterocycles. The fourth-order valence-electron chi connectivity index (χ4n) is 1.13. The van der Waals surface area contributed by atoms with Crippen LogP contribution in [0, 0.1) is 0 Å². The number of benzene rings is 1. The minimum atomic E-state index is -0.464. The zero-order valence-electron chi connectivity index (χ0n) is 8.87. The molecule has 0 aromatic heterocycles. The summed E-state index contributed by atoms with van der Waals surface area (Å²) in [4.78, 5) is 0. The number of methoxy groups -OCH3 is 1. The number of rotatable bonds is 5. The first-order valence-electron chi connectivity index (χ1n) is 4.74. The molecule has 1 N–H and O–H groups in total. The highest BCUT2D eigenvalue weighted by Gasteiger charge is 2.05. The number of ether oxygens (including phenoxy) is 2. The second kappa shape index (κ2) is 6.10. The zero-order chi connectivity index (χ0) is 11.3. The normalized spacial score (nSPS) is 12.5. The van der Waals surface area contributed by atoms with Gasteiger partial charge in [-0.25, -0.2) is 0 Å². The highest BCUT2D eigenvalue weighted by Crippen LogP contribution is 2.28. The number of aliphatic hydroxyl groups is 1. The summed E-state index contributed by atoms with van der Waals surface area (Å²) in [6.45, 7) is 2.81. The summed E-state index contributed by atoms with van der Waals surface area (Å²) in [7, 11) is 1.63. The maximum atomic E-state index is 9.37. The standard InChI is InChI=1S/C11H15BrO3/c1-8(13)9-3-4-11(10(12)7-9)15-6-5-14-2/h3-4,7-8,13H,5-6H2,1-2H3/t8-/m1/s1. The van der Waals surface area contributed by atoms with E-state index in [1.54, 1.807) is 14.0 Å². The van der Waals surface area contributed by atoms with Gasteiger partial charge in [0.2, 0.25) is 0 Å². The number of hydrogen-bond acceptors (Lipinski definition) is 3. The molecule has 3 nitrogen and oxygen atoms in total. The molecule has 0 saturated heterocycles. The van der Waals surface area contributed by atoms with Crippen LogP contribution in [0.2, 0.25) is 0 Å². The van der Waals surface area contributed by atoms with Crippen molar-refractivity contribution < 1.29 is 14.6 Å². The molecule has 0 unspecified atom stereocenters. The van der Waals surface area contributed by atoms with E-state index in [4.69, 9.17) is 9.47 Å². The van der Waals surface area contributed by atoms with Crippen molar-refractivity contribution >= 4 is 15.9 Å². The molecule has 0 fully saturated rings. The fourth-order valence-corrected chi connectivity index (χ4v) is 1.64. The van der Waals surface area contributed by atoms with E-state index >= 15 is 0 Å². The summed E-state index contributed by atoms with van der Waals surface area (Å²) in [6.07, 6.45) is -0.464. The predicted octanol–water partition coefficient (Wildman–Crippen LogP) is 2.53. The third-order valence-electron chi connectivity index (χ3n) is 1.98. The molecule has 0 aliphatic heterocycles. The Hall–Kier alpha value is -0.580. The minimum absolute atomic E-state index is 0.464. The van der Waals surface area contributed by atoms with Crippen LogP contribution < -0.4 is 4.74 Å². The van der Waals surface area contributed by atoms with Crippen molar-refractivity contribution in [1.29, 1.82) is 0 Å². The van der Waals surface area contributed by atoms with E-state index in [-0.39, 0.29) is 0 Å². The molecule has 0 saturated carbocycles. The van der Waals surface area contributed by atoms with Gasteiger partial charge in [-0.15, -0.1) is 0 Å². The number of hydrogen-bond donors (Lipinski definition) is 1. The lowest BCUT2D eigenvalue weighted by Gasteiger charge is -2.10. The maximum Gasteiger partial charge on any atom is 0.133 e. The molecule has 1 atom stereocenters. The van der Waals surface area contributed by atoms with Crippen molar-refractivity contribution in [2.75, 3.05) is 20.3 Å². The molecule has 0 radical (unpaired) electrons. The highest BCUT2D eigenvalue weighted by molar-refractivity contribution is 9.10. The lowest BCUT2D eigenvalue weighted by atomic mass is 10.1. The van der Waals surface area contributed by atoms with Crippen LogP contribution in [-0.2, 0) is 4.74 Å². The molecule has 1 rings (SSSR count). The summed E-state index contributed by atoms with van der Waals surface area (Å²) in [5.74, 6) is 0.761. The third-order valence-corrected chi connectivity index (χ3v) is 2.60. The van der Waals surface area contributed by atoms with E-state index in [2.05, 4.69) is 15.9 Å². The predicted molar refractivity (Wildman–Crippen MR) is 62.1 cm³/mol. The van der Waals surface area contributed by atoms with Crippen LogP contribution >= 0.6 is 15.9 Å². The molecule has 15 heavy (non-hydrogen) atoms. The van der Waals surface area contributed by atoms with E-state index in [0.717, 1.165) is 15.8 Å². The van der Waals surface area contributed by atoms with Crippen LogP contribution in [0.5, 0.6) is 5.75 Å². The van der Waals surface area contributed by atoms with Crippen molar-refractivity contribution in [1.82, 2.24) is 0 Å². The summed E-state index contributed by atoms with van der Waals surface area (Å²) < 4.78 is 11.2. The first kappa shape index (κ1) is 12.5. The van der Waals surface area contributed by atoms with Crippen molar-refractivity contribution in [3.8, 4) is 5.75 Å². The van der Waals surface area contributed by atoms with Gasteiger partial charge in [0, 0.05) is 7.11 Å². The fraction of sp³-hybridized carbons (Fsp3) is 0.455. The van der Waals surface area contributed by atoms with Crippen LogP contribution in [0.4, 0.5) is 0 Å². The Morgan fingerprint density at radius 2 is 2.13 bits per heavy atom. The Morgan fingerprint density at radius 1 is 1.40 bits per heavy atom. The van der Waals surface area contributed by atoms with Crippen LogP contribution in [0.25, 0.3) is 0 Å². The van der Waals surface area contributed by atoms with Crippen molar-refractivity contribution in [2.45, 2.75) is 13.0 Å². The molecule has 0 bridgehead atoms. The Balaban J connectivity index is 2.66. The van der Waals surface area contributed by atoms with E-state index in [9.17, 15) is 5.11 Å². The van der Waals surface area contributed by atoms with E-state index in [1.165, 1.54) is 0 Å². The molecule has 84 valence electrons. The summed E-state index contributed by atoms with van der Waals surface area (Å²) in [5.41, 5.74) is 0.862. The Labute approximate surface area is 98.1 Å². The van der Waals surface area contributed by atoms with Crippen LogP contribution in [0.3, 0.4) is 0 Å². The maximum absolute atomic E-state index is 9.37. The average Bonchev–Trinajstić information content (AvgIpc) is 2.20. The van der Waals surface area contributed by atoms with Crippen molar-refractivity contribution in [3.63, 3.8) is 0 Å². The molecule has 4 heteroatoms. The molecular weight excluding hydrogens is 260 g/mol. The van der Waals surface area contributed by atoms with E-state index in [0.29, 0.717) is 13.2 Å². The lowest BCUT2D eigenvalue weighted by molar-refractivity contribution is 0.146. The Morgan fingerprint density at radius 3 is 2.67 bits per heavy atom. The van der Waals surface area contributed by atoms with Gasteiger partial charge in [-0.05, 0) is 40.5 Å². The average molecular weight is 275 g/mol. The van der Waals surface area contributed by atoms with Gasteiger partial charge in [-0.2, -0.15) is 0 Å². The third kappa shape index (κ3) is 3.81. The molecule has 1 aromatic rings. The molecule has 0 amide bonds. The van der Waals surface area contributed by atoms with Gasteiger partial charge >= 0.3 is 0 Å². The van der Waals surface area contributed by atoms with Crippen molar-refractivity contribution in [2.24, 2.45) is 0 Å². The van der Waals surface area contributed by atoms with Gasteiger partial charge in [0.25, 0.3) is 0 Å². The summed E-state index contributed by atoms with van der Waals surface area (Å²) in [6, 6.07) is 5.53. The first-order valence-corrected chi connectivity index (χ1v) is 5.53. The lowest BCUT2D eigenvalue weighted by Crippen LogP contribution is -2.04.